The molecule has 5 nitrogen and oxygen atoms in total. The van der Waals surface area contributed by atoms with Crippen LogP contribution < -0.4 is 0 Å². The fraction of sp³-hybridized carbons (Fsp3) is 0. The Kier molecular flexibility index (Phi) is 6.61. The average molecular weight is 700 g/mol. The largest absolute Gasteiger partial charge is 0.309 e. The van der Waals surface area contributed by atoms with Crippen LogP contribution in [0.2, 0.25) is 0 Å². The number of para-hydroxylation sites is 5. The van der Waals surface area contributed by atoms with E-state index in [1.54, 1.807) is 0 Å². The third-order valence-corrected chi connectivity index (χ3v) is 11.1. The van der Waals surface area contributed by atoms with E-state index in [0.717, 1.165) is 82.8 Å². The lowest BCUT2D eigenvalue weighted by atomic mass is 10.00. The van der Waals surface area contributed by atoms with Crippen LogP contribution >= 0.6 is 0 Å². The van der Waals surface area contributed by atoms with Gasteiger partial charge in [0.25, 0.3) is 0 Å². The normalized spacial score (nSPS) is 11.6. The zero-order valence-electron chi connectivity index (χ0n) is 29.5. The summed E-state index contributed by atoms with van der Waals surface area (Å²) in [7, 11) is 0. The summed E-state index contributed by atoms with van der Waals surface area (Å²) in [6.45, 7) is 0. The van der Waals surface area contributed by atoms with Gasteiger partial charge in [-0.3, -0.25) is 0 Å². The van der Waals surface area contributed by atoms with Crippen molar-refractivity contribution in [2.45, 2.75) is 0 Å². The number of fused-ring (bicyclic) bond motifs is 9. The summed E-state index contributed by atoms with van der Waals surface area (Å²) in [6, 6.07) is 66.0. The molecule has 11 aromatic rings. The average Bonchev–Trinajstić information content (AvgIpc) is 3.89. The van der Waals surface area contributed by atoms with E-state index in [1.165, 1.54) is 10.8 Å². The molecule has 8 aromatic carbocycles. The highest BCUT2D eigenvalue weighted by Crippen LogP contribution is 2.42. The monoisotopic (exact) mass is 699 g/mol. The van der Waals surface area contributed by atoms with E-state index in [-0.39, 0.29) is 0 Å². The van der Waals surface area contributed by atoms with Crippen LogP contribution in [-0.2, 0) is 0 Å². The maximum absolute atomic E-state index is 10.2. The molecule has 0 aliphatic rings. The summed E-state index contributed by atoms with van der Waals surface area (Å²) in [6.07, 6.45) is 0. The van der Waals surface area contributed by atoms with Crippen LogP contribution in [0, 0.1) is 22.7 Å². The second-order valence-electron chi connectivity index (χ2n) is 14.0. The zero-order valence-corrected chi connectivity index (χ0v) is 29.5. The number of hydrogen-bond donors (Lipinski definition) is 0. The molecule has 0 unspecified atom stereocenters. The molecule has 0 atom stereocenters. The number of nitrogens with zero attached hydrogens (tertiary/aromatic N) is 5. The van der Waals surface area contributed by atoms with Gasteiger partial charge < -0.3 is 13.7 Å². The van der Waals surface area contributed by atoms with Crippen LogP contribution in [-0.4, -0.2) is 13.7 Å². The van der Waals surface area contributed by atoms with Gasteiger partial charge in [0, 0.05) is 43.6 Å². The Morgan fingerprint density at radius 1 is 0.382 bits per heavy atom. The number of aromatic nitrogens is 3. The minimum Gasteiger partial charge on any atom is -0.309 e. The Bertz CT molecular complexity index is 3400. The summed E-state index contributed by atoms with van der Waals surface area (Å²) in [5.74, 6) is 0. The summed E-state index contributed by atoms with van der Waals surface area (Å²) >= 11 is 0. The Balaban J connectivity index is 1.17. The van der Waals surface area contributed by atoms with Gasteiger partial charge in [0.05, 0.1) is 67.7 Å². The Hall–Kier alpha value is -7.86. The Morgan fingerprint density at radius 3 is 1.58 bits per heavy atom. The van der Waals surface area contributed by atoms with Gasteiger partial charge in [0.2, 0.25) is 0 Å². The van der Waals surface area contributed by atoms with Gasteiger partial charge in [-0.05, 0) is 78.4 Å². The minimum atomic E-state index is 0.595. The maximum Gasteiger partial charge on any atom is 0.0998 e. The first-order chi connectivity index (χ1) is 27.2. The molecule has 0 aliphatic carbocycles. The van der Waals surface area contributed by atoms with E-state index >= 15 is 0 Å². The molecule has 0 saturated heterocycles. The van der Waals surface area contributed by atoms with Gasteiger partial charge in [-0.2, -0.15) is 10.5 Å². The molecular formula is C50H29N5. The Morgan fingerprint density at radius 2 is 0.927 bits per heavy atom. The van der Waals surface area contributed by atoms with E-state index < -0.39 is 0 Å². The Labute approximate surface area is 316 Å². The topological polar surface area (TPSA) is 62.4 Å². The van der Waals surface area contributed by atoms with Gasteiger partial charge in [-0.15, -0.1) is 0 Å². The predicted octanol–water partition coefficient (Wildman–Crippen LogP) is 12.4. The lowest BCUT2D eigenvalue weighted by Crippen LogP contribution is -2.02. The van der Waals surface area contributed by atoms with E-state index in [0.29, 0.717) is 11.1 Å². The van der Waals surface area contributed by atoms with Crippen molar-refractivity contribution in [1.29, 1.82) is 10.5 Å². The van der Waals surface area contributed by atoms with Crippen molar-refractivity contribution in [3.8, 4) is 40.3 Å². The molecule has 11 rings (SSSR count). The predicted molar refractivity (Wildman–Crippen MR) is 224 cm³/mol. The molecule has 3 heterocycles. The molecular weight excluding hydrogens is 671 g/mol. The lowest BCUT2D eigenvalue weighted by molar-refractivity contribution is 1.13. The highest BCUT2D eigenvalue weighted by molar-refractivity contribution is 6.15. The molecule has 0 fully saturated rings. The third kappa shape index (κ3) is 4.39. The van der Waals surface area contributed by atoms with E-state index in [9.17, 15) is 10.5 Å². The van der Waals surface area contributed by atoms with E-state index in [2.05, 4.69) is 165 Å². The van der Waals surface area contributed by atoms with E-state index in [1.807, 2.05) is 36.4 Å². The fourth-order valence-corrected chi connectivity index (χ4v) is 8.83. The highest BCUT2D eigenvalue weighted by Gasteiger charge is 2.22. The number of benzene rings is 8. The van der Waals surface area contributed by atoms with Crippen molar-refractivity contribution in [3.63, 3.8) is 0 Å². The first kappa shape index (κ1) is 30.7. The molecule has 0 amide bonds. The quantitative estimate of drug-likeness (QED) is 0.184. The first-order valence-corrected chi connectivity index (χ1v) is 18.3. The smallest absolute Gasteiger partial charge is 0.0998 e. The van der Waals surface area contributed by atoms with Gasteiger partial charge in [-0.1, -0.05) is 103 Å². The van der Waals surface area contributed by atoms with Crippen LogP contribution in [0.5, 0.6) is 0 Å². The van der Waals surface area contributed by atoms with Crippen molar-refractivity contribution in [2.75, 3.05) is 0 Å². The van der Waals surface area contributed by atoms with Crippen LogP contribution in [0.1, 0.15) is 11.1 Å². The minimum absolute atomic E-state index is 0.595. The summed E-state index contributed by atoms with van der Waals surface area (Å²) < 4.78 is 7.00. The molecule has 0 bridgehead atoms. The van der Waals surface area contributed by atoms with Crippen LogP contribution in [0.25, 0.3) is 93.6 Å². The summed E-state index contributed by atoms with van der Waals surface area (Å²) in [4.78, 5) is 0. The molecule has 0 saturated carbocycles. The summed E-state index contributed by atoms with van der Waals surface area (Å²) in [5, 5.41) is 26.9. The van der Waals surface area contributed by atoms with Crippen molar-refractivity contribution in [3.05, 3.63) is 187 Å². The first-order valence-electron chi connectivity index (χ1n) is 18.3. The molecule has 55 heavy (non-hydrogen) atoms. The van der Waals surface area contributed by atoms with Crippen molar-refractivity contribution in [2.24, 2.45) is 0 Å². The van der Waals surface area contributed by atoms with Crippen molar-refractivity contribution in [1.82, 2.24) is 13.7 Å². The molecule has 5 heteroatoms. The number of hydrogen-bond acceptors (Lipinski definition) is 2. The van der Waals surface area contributed by atoms with Gasteiger partial charge in [0.15, 0.2) is 0 Å². The standard InChI is InChI=1S/C50H29N5/c51-30-32-23-28-46(41(29-32)33-24-26-35(27-25-33)53-45-20-8-4-15-40(45)49-34(31-52)11-9-21-47(49)53)55-44-19-7-3-14-38(44)39-16-10-22-48(50(39)55)54-42-17-5-1-12-36(42)37-13-2-6-18-43(37)54/h1-29H. The second kappa shape index (κ2) is 11.8. The number of rotatable bonds is 4. The lowest BCUT2D eigenvalue weighted by Gasteiger charge is -2.18. The van der Waals surface area contributed by atoms with Gasteiger partial charge >= 0.3 is 0 Å². The van der Waals surface area contributed by atoms with Crippen LogP contribution in [0.3, 0.4) is 0 Å². The fourth-order valence-electron chi connectivity index (χ4n) is 8.83. The number of nitriles is 2. The molecule has 0 radical (unpaired) electrons. The molecule has 0 spiro atoms. The van der Waals surface area contributed by atoms with Gasteiger partial charge in [0.1, 0.15) is 0 Å². The third-order valence-electron chi connectivity index (χ3n) is 11.1. The highest BCUT2D eigenvalue weighted by atomic mass is 15.1. The molecule has 254 valence electrons. The van der Waals surface area contributed by atoms with Gasteiger partial charge in [-0.25, -0.2) is 0 Å². The molecule has 0 N–H and O–H groups in total. The molecule has 3 aromatic heterocycles. The van der Waals surface area contributed by atoms with Crippen molar-refractivity contribution >= 4 is 65.4 Å². The van der Waals surface area contributed by atoms with Crippen LogP contribution in [0.4, 0.5) is 0 Å². The van der Waals surface area contributed by atoms with Crippen LogP contribution in [0.15, 0.2) is 176 Å². The second-order valence-corrected chi connectivity index (χ2v) is 14.0. The van der Waals surface area contributed by atoms with E-state index in [4.69, 9.17) is 0 Å². The SMILES string of the molecule is N#Cc1ccc(-n2c3ccccc3c3cccc(-n4c5ccccc5c5ccccc54)c32)c(-c2ccc(-n3c4ccccc4c4c(C#N)cccc43)cc2)c1. The zero-order chi connectivity index (χ0) is 36.6. The summed E-state index contributed by atoms with van der Waals surface area (Å²) in [5.41, 5.74) is 12.8. The van der Waals surface area contributed by atoms with Crippen molar-refractivity contribution < 1.29 is 0 Å². The maximum atomic E-state index is 10.2. The molecule has 0 aliphatic heterocycles.